The highest BCUT2D eigenvalue weighted by Crippen LogP contribution is 2.13. The van der Waals surface area contributed by atoms with Crippen LogP contribution in [-0.2, 0) is 9.53 Å². The molecule has 132 valence electrons. The highest BCUT2D eigenvalue weighted by atomic mass is 16.5. The summed E-state index contributed by atoms with van der Waals surface area (Å²) in [5, 5.41) is 10.1. The Balaban J connectivity index is 1.72. The second kappa shape index (κ2) is 8.65. The Labute approximate surface area is 141 Å². The zero-order chi connectivity index (χ0) is 17.5. The fourth-order valence-electron chi connectivity index (χ4n) is 2.59. The van der Waals surface area contributed by atoms with Gasteiger partial charge in [-0.05, 0) is 24.3 Å². The first-order chi connectivity index (χ1) is 11.5. The molecule has 1 saturated heterocycles. The molecular weight excluding hydrogens is 312 g/mol. The van der Waals surface area contributed by atoms with E-state index in [1.807, 2.05) is 4.90 Å². The summed E-state index contributed by atoms with van der Waals surface area (Å²) >= 11 is 0. The van der Waals surface area contributed by atoms with Crippen LogP contribution in [0.3, 0.4) is 0 Å². The number of piperazine rings is 1. The normalized spacial score (nSPS) is 16.5. The van der Waals surface area contributed by atoms with Gasteiger partial charge in [-0.2, -0.15) is 0 Å². The van der Waals surface area contributed by atoms with Crippen LogP contribution >= 0.6 is 0 Å². The van der Waals surface area contributed by atoms with E-state index in [-0.39, 0.29) is 12.5 Å². The number of carbonyl (C=O) groups excluding carboxylic acids is 2. The molecule has 2 rings (SSSR count). The average Bonchev–Trinajstić information content (AvgIpc) is 2.60. The number of ether oxygens (including phenoxy) is 2. The molecule has 1 amide bonds. The van der Waals surface area contributed by atoms with Crippen molar-refractivity contribution >= 4 is 11.9 Å². The fourth-order valence-corrected chi connectivity index (χ4v) is 2.59. The zero-order valence-electron chi connectivity index (χ0n) is 14.1. The number of hydrogen-bond acceptors (Lipinski definition) is 6. The summed E-state index contributed by atoms with van der Waals surface area (Å²) in [7, 11) is 1.33. The SMILES string of the molecule is COC(=O)c1ccc(OC[C@H](O)CN2CCN(C(C)=O)CC2)cc1. The molecule has 1 N–H and O–H groups in total. The lowest BCUT2D eigenvalue weighted by Crippen LogP contribution is -2.50. The maximum Gasteiger partial charge on any atom is 0.337 e. The van der Waals surface area contributed by atoms with E-state index in [0.29, 0.717) is 30.9 Å². The quantitative estimate of drug-likeness (QED) is 0.757. The second-order valence-corrected chi connectivity index (χ2v) is 5.79. The molecule has 0 aromatic heterocycles. The van der Waals surface area contributed by atoms with Crippen molar-refractivity contribution in [3.63, 3.8) is 0 Å². The first kappa shape index (κ1) is 18.2. The summed E-state index contributed by atoms with van der Waals surface area (Å²) in [5.41, 5.74) is 0.453. The van der Waals surface area contributed by atoms with Gasteiger partial charge in [-0.15, -0.1) is 0 Å². The molecule has 1 atom stereocenters. The van der Waals surface area contributed by atoms with Gasteiger partial charge in [0.2, 0.25) is 5.91 Å². The van der Waals surface area contributed by atoms with Gasteiger partial charge in [0, 0.05) is 39.6 Å². The monoisotopic (exact) mass is 336 g/mol. The first-order valence-electron chi connectivity index (χ1n) is 7.96. The number of methoxy groups -OCH3 is 1. The summed E-state index contributed by atoms with van der Waals surface area (Å²) in [6, 6.07) is 6.58. The molecule has 7 nitrogen and oxygen atoms in total. The number of hydrogen-bond donors (Lipinski definition) is 1. The van der Waals surface area contributed by atoms with Gasteiger partial charge in [0.1, 0.15) is 18.5 Å². The van der Waals surface area contributed by atoms with Gasteiger partial charge in [0.25, 0.3) is 0 Å². The van der Waals surface area contributed by atoms with Crippen molar-refractivity contribution in [3.05, 3.63) is 29.8 Å². The van der Waals surface area contributed by atoms with Crippen molar-refractivity contribution < 1.29 is 24.2 Å². The van der Waals surface area contributed by atoms with Crippen LogP contribution in [0.1, 0.15) is 17.3 Å². The Morgan fingerprint density at radius 3 is 2.33 bits per heavy atom. The number of rotatable bonds is 6. The summed E-state index contributed by atoms with van der Waals surface area (Å²) in [6.07, 6.45) is -0.617. The third-order valence-electron chi connectivity index (χ3n) is 4.00. The fraction of sp³-hybridized carbons (Fsp3) is 0.529. The lowest BCUT2D eigenvalue weighted by molar-refractivity contribution is -0.130. The maximum atomic E-state index is 11.3. The summed E-state index contributed by atoms with van der Waals surface area (Å²) in [4.78, 5) is 26.6. The van der Waals surface area contributed by atoms with Gasteiger partial charge in [-0.3, -0.25) is 9.69 Å². The van der Waals surface area contributed by atoms with E-state index in [4.69, 9.17) is 4.74 Å². The third-order valence-corrected chi connectivity index (χ3v) is 4.00. The van der Waals surface area contributed by atoms with Crippen molar-refractivity contribution in [1.82, 2.24) is 9.80 Å². The number of aliphatic hydroxyl groups excluding tert-OH is 1. The van der Waals surface area contributed by atoms with E-state index in [2.05, 4.69) is 9.64 Å². The predicted molar refractivity (Wildman–Crippen MR) is 88.0 cm³/mol. The summed E-state index contributed by atoms with van der Waals surface area (Å²) in [5.74, 6) is 0.281. The van der Waals surface area contributed by atoms with Crippen LogP contribution in [0, 0.1) is 0 Å². The number of carbonyl (C=O) groups is 2. The number of β-amino-alcohol motifs (C(OH)–C–C–N with tert-alkyl or cyclic N) is 1. The number of esters is 1. The first-order valence-corrected chi connectivity index (χ1v) is 7.96. The largest absolute Gasteiger partial charge is 0.491 e. The molecule has 1 fully saturated rings. The number of aliphatic hydroxyl groups is 1. The molecule has 0 spiro atoms. The van der Waals surface area contributed by atoms with Crippen LogP contribution in [0.5, 0.6) is 5.75 Å². The molecule has 1 heterocycles. The van der Waals surface area contributed by atoms with Gasteiger partial charge < -0.3 is 19.5 Å². The molecule has 7 heteroatoms. The predicted octanol–water partition coefficient (Wildman–Crippen LogP) is 0.377. The minimum absolute atomic E-state index is 0.0916. The van der Waals surface area contributed by atoms with Crippen LogP contribution in [0.15, 0.2) is 24.3 Å². The molecule has 0 radical (unpaired) electrons. The number of nitrogens with zero attached hydrogens (tertiary/aromatic N) is 2. The van der Waals surface area contributed by atoms with Crippen LogP contribution in [0.25, 0.3) is 0 Å². The second-order valence-electron chi connectivity index (χ2n) is 5.79. The van der Waals surface area contributed by atoms with E-state index in [0.717, 1.165) is 13.1 Å². The molecular formula is C17H24N2O5. The molecule has 1 aromatic carbocycles. The van der Waals surface area contributed by atoms with Crippen molar-refractivity contribution in [2.45, 2.75) is 13.0 Å². The molecule has 0 saturated carbocycles. The summed E-state index contributed by atoms with van der Waals surface area (Å²) in [6.45, 7) is 5.14. The van der Waals surface area contributed by atoms with Crippen molar-refractivity contribution in [2.75, 3.05) is 46.4 Å². The molecule has 1 aromatic rings. The van der Waals surface area contributed by atoms with Crippen molar-refractivity contribution in [3.8, 4) is 5.75 Å². The van der Waals surface area contributed by atoms with Gasteiger partial charge in [-0.1, -0.05) is 0 Å². The standard InChI is InChI=1S/C17H24N2O5/c1-13(20)19-9-7-18(8-10-19)11-15(21)12-24-16-5-3-14(4-6-16)17(22)23-2/h3-6,15,21H,7-12H2,1-2H3/t15-/m1/s1. The minimum Gasteiger partial charge on any atom is -0.491 e. The van der Waals surface area contributed by atoms with E-state index in [1.165, 1.54) is 7.11 Å². The van der Waals surface area contributed by atoms with E-state index < -0.39 is 12.1 Å². The lowest BCUT2D eigenvalue weighted by Gasteiger charge is -2.35. The topological polar surface area (TPSA) is 79.3 Å². The van der Waals surface area contributed by atoms with E-state index >= 15 is 0 Å². The Morgan fingerprint density at radius 2 is 1.79 bits per heavy atom. The lowest BCUT2D eigenvalue weighted by atomic mass is 10.2. The molecule has 1 aliphatic rings. The minimum atomic E-state index is -0.617. The van der Waals surface area contributed by atoms with Crippen molar-refractivity contribution in [2.24, 2.45) is 0 Å². The molecule has 1 aliphatic heterocycles. The average molecular weight is 336 g/mol. The molecule has 24 heavy (non-hydrogen) atoms. The maximum absolute atomic E-state index is 11.3. The van der Waals surface area contributed by atoms with Crippen LogP contribution < -0.4 is 4.74 Å². The molecule has 0 aliphatic carbocycles. The third kappa shape index (κ3) is 5.21. The summed E-state index contributed by atoms with van der Waals surface area (Å²) < 4.78 is 10.2. The Hall–Kier alpha value is -2.12. The smallest absolute Gasteiger partial charge is 0.337 e. The Morgan fingerprint density at radius 1 is 1.17 bits per heavy atom. The van der Waals surface area contributed by atoms with Gasteiger partial charge >= 0.3 is 5.97 Å². The van der Waals surface area contributed by atoms with Gasteiger partial charge in [-0.25, -0.2) is 4.79 Å². The van der Waals surface area contributed by atoms with Crippen LogP contribution in [0.2, 0.25) is 0 Å². The molecule has 0 bridgehead atoms. The Bertz CT molecular complexity index is 553. The molecule has 0 unspecified atom stereocenters. The highest BCUT2D eigenvalue weighted by molar-refractivity contribution is 5.89. The van der Waals surface area contributed by atoms with Gasteiger partial charge in [0.05, 0.1) is 12.7 Å². The number of amides is 1. The highest BCUT2D eigenvalue weighted by Gasteiger charge is 2.20. The van der Waals surface area contributed by atoms with Crippen LogP contribution in [0.4, 0.5) is 0 Å². The number of benzene rings is 1. The van der Waals surface area contributed by atoms with E-state index in [1.54, 1.807) is 31.2 Å². The van der Waals surface area contributed by atoms with Gasteiger partial charge in [0.15, 0.2) is 0 Å². The van der Waals surface area contributed by atoms with E-state index in [9.17, 15) is 14.7 Å². The zero-order valence-corrected chi connectivity index (χ0v) is 14.1. The van der Waals surface area contributed by atoms with Crippen molar-refractivity contribution in [1.29, 1.82) is 0 Å². The van der Waals surface area contributed by atoms with Crippen LogP contribution in [-0.4, -0.2) is 79.3 Å². The Kier molecular flexibility index (Phi) is 6.57.